The summed E-state index contributed by atoms with van der Waals surface area (Å²) in [7, 11) is 0. The Morgan fingerprint density at radius 3 is 2.49 bits per heavy atom. The summed E-state index contributed by atoms with van der Waals surface area (Å²) in [5.74, 6) is -2.51. The van der Waals surface area contributed by atoms with Crippen LogP contribution in [0.1, 0.15) is 68.2 Å². The SMILES string of the molecule is C=CCN(C(=O)C1N([C@@H](CO)CC(C)C)C(=O)[C@@H]2[C@H](C(=O)OCC)[C@@]3(C)OC12CC3C)C(C)(C)C. The fourth-order valence-electron chi connectivity index (χ4n) is 6.73. The van der Waals surface area contributed by atoms with Gasteiger partial charge in [-0.3, -0.25) is 14.4 Å². The van der Waals surface area contributed by atoms with E-state index in [9.17, 15) is 19.5 Å². The van der Waals surface area contributed by atoms with E-state index in [0.29, 0.717) is 19.4 Å². The lowest BCUT2D eigenvalue weighted by Crippen LogP contribution is -2.61. The number of aliphatic hydroxyl groups excluding tert-OH is 1. The third kappa shape index (κ3) is 4.20. The Hall–Kier alpha value is -1.93. The van der Waals surface area contributed by atoms with E-state index in [-0.39, 0.29) is 36.9 Å². The normalized spacial score (nSPS) is 34.8. The highest BCUT2D eigenvalue weighted by Crippen LogP contribution is 2.65. The Balaban J connectivity index is 2.21. The van der Waals surface area contributed by atoms with Crippen LogP contribution in [0.2, 0.25) is 0 Å². The molecule has 0 radical (unpaired) electrons. The van der Waals surface area contributed by atoms with Gasteiger partial charge in [-0.2, -0.15) is 0 Å². The van der Waals surface area contributed by atoms with Crippen LogP contribution in [0.25, 0.3) is 0 Å². The molecule has 35 heavy (non-hydrogen) atoms. The van der Waals surface area contributed by atoms with Gasteiger partial charge in [0.2, 0.25) is 11.8 Å². The van der Waals surface area contributed by atoms with Crippen molar-refractivity contribution in [3.05, 3.63) is 12.7 Å². The van der Waals surface area contributed by atoms with E-state index in [2.05, 4.69) is 6.58 Å². The minimum atomic E-state index is -1.16. The van der Waals surface area contributed by atoms with Gasteiger partial charge in [-0.1, -0.05) is 26.8 Å². The van der Waals surface area contributed by atoms with Gasteiger partial charge in [-0.05, 0) is 59.3 Å². The first-order valence-corrected chi connectivity index (χ1v) is 12.9. The van der Waals surface area contributed by atoms with Crippen molar-refractivity contribution in [2.45, 2.75) is 97.1 Å². The summed E-state index contributed by atoms with van der Waals surface area (Å²) >= 11 is 0. The maximum atomic E-state index is 14.4. The molecule has 0 aromatic rings. The van der Waals surface area contributed by atoms with Gasteiger partial charge in [0.25, 0.3) is 0 Å². The summed E-state index contributed by atoms with van der Waals surface area (Å²) in [5.41, 5.74) is -2.60. The van der Waals surface area contributed by atoms with Crippen molar-refractivity contribution in [1.82, 2.24) is 9.80 Å². The third-order valence-electron chi connectivity index (χ3n) is 8.26. The van der Waals surface area contributed by atoms with Gasteiger partial charge < -0.3 is 24.4 Å². The fourth-order valence-corrected chi connectivity index (χ4v) is 6.73. The largest absolute Gasteiger partial charge is 0.466 e. The molecular formula is C27H44N2O6. The van der Waals surface area contributed by atoms with Gasteiger partial charge in [-0.25, -0.2) is 0 Å². The van der Waals surface area contributed by atoms with E-state index in [1.165, 1.54) is 0 Å². The van der Waals surface area contributed by atoms with Crippen molar-refractivity contribution >= 4 is 17.8 Å². The molecule has 2 bridgehead atoms. The molecule has 1 N–H and O–H groups in total. The summed E-state index contributed by atoms with van der Waals surface area (Å²) in [5, 5.41) is 10.4. The summed E-state index contributed by atoms with van der Waals surface area (Å²) in [6, 6.07) is -1.51. The fraction of sp³-hybridized carbons (Fsp3) is 0.815. The molecule has 3 aliphatic rings. The molecule has 0 saturated carbocycles. The molecule has 3 fully saturated rings. The summed E-state index contributed by atoms with van der Waals surface area (Å²) in [4.78, 5) is 45.1. The molecule has 8 nitrogen and oxygen atoms in total. The Morgan fingerprint density at radius 1 is 1.37 bits per heavy atom. The molecule has 0 aromatic carbocycles. The molecule has 3 unspecified atom stereocenters. The number of rotatable bonds is 9. The summed E-state index contributed by atoms with van der Waals surface area (Å²) in [6.45, 7) is 19.6. The van der Waals surface area contributed by atoms with Crippen LogP contribution >= 0.6 is 0 Å². The molecule has 0 aromatic heterocycles. The maximum Gasteiger partial charge on any atom is 0.312 e. The van der Waals surface area contributed by atoms with Gasteiger partial charge in [0.05, 0.1) is 30.8 Å². The predicted molar refractivity (Wildman–Crippen MR) is 132 cm³/mol. The molecule has 2 amide bonds. The Morgan fingerprint density at radius 2 is 2.00 bits per heavy atom. The van der Waals surface area contributed by atoms with Crippen LogP contribution < -0.4 is 0 Å². The van der Waals surface area contributed by atoms with E-state index >= 15 is 0 Å². The number of nitrogens with zero attached hydrogens (tertiary/aromatic N) is 2. The molecule has 3 aliphatic heterocycles. The first-order valence-electron chi connectivity index (χ1n) is 12.9. The van der Waals surface area contributed by atoms with E-state index in [1.54, 1.807) is 22.8 Å². The smallest absolute Gasteiger partial charge is 0.312 e. The first kappa shape index (κ1) is 27.7. The zero-order chi connectivity index (χ0) is 26.5. The van der Waals surface area contributed by atoms with Gasteiger partial charge in [0, 0.05) is 12.1 Å². The van der Waals surface area contributed by atoms with Gasteiger partial charge in [0.15, 0.2) is 0 Å². The van der Waals surface area contributed by atoms with E-state index in [4.69, 9.17) is 9.47 Å². The van der Waals surface area contributed by atoms with Gasteiger partial charge in [-0.15, -0.1) is 6.58 Å². The molecular weight excluding hydrogens is 448 g/mol. The number of aliphatic hydroxyl groups is 1. The van der Waals surface area contributed by atoms with Crippen molar-refractivity contribution in [3.63, 3.8) is 0 Å². The monoisotopic (exact) mass is 492 g/mol. The quantitative estimate of drug-likeness (QED) is 0.393. The highest BCUT2D eigenvalue weighted by atomic mass is 16.6. The number of hydrogen-bond donors (Lipinski definition) is 1. The van der Waals surface area contributed by atoms with Crippen LogP contribution in [0, 0.1) is 23.7 Å². The highest BCUT2D eigenvalue weighted by molar-refractivity contribution is 5.99. The standard InChI is InChI=1S/C27H44N2O6/c1-10-12-28(25(6,7)8)23(32)21-27-14-17(5)26(9,35-27)20(24(33)34-11-2)19(27)22(31)29(21)18(15-30)13-16(3)4/h10,16-21,30H,1,11-15H2,2-9H3/t17?,18-,19+,20-,21?,26+,27?/m1/s1. The van der Waals surface area contributed by atoms with E-state index < -0.39 is 46.6 Å². The average Bonchev–Trinajstić information content (AvgIpc) is 3.26. The third-order valence-corrected chi connectivity index (χ3v) is 8.26. The number of esters is 1. The molecule has 3 rings (SSSR count). The number of ether oxygens (including phenoxy) is 2. The number of fused-ring (bicyclic) bond motifs is 1. The van der Waals surface area contributed by atoms with Crippen molar-refractivity contribution in [2.75, 3.05) is 19.8 Å². The lowest BCUT2D eigenvalue weighted by Gasteiger charge is -2.43. The van der Waals surface area contributed by atoms with Gasteiger partial charge >= 0.3 is 5.97 Å². The summed E-state index contributed by atoms with van der Waals surface area (Å²) < 4.78 is 12.1. The van der Waals surface area contributed by atoms with Gasteiger partial charge in [0.1, 0.15) is 17.6 Å². The Kier molecular flexibility index (Phi) is 7.51. The maximum absolute atomic E-state index is 14.4. The number of amides is 2. The Labute approximate surface area is 210 Å². The number of likely N-dealkylation sites (tertiary alicyclic amines) is 1. The van der Waals surface area contributed by atoms with Crippen LogP contribution in [-0.4, -0.2) is 81.3 Å². The number of hydrogen-bond acceptors (Lipinski definition) is 6. The van der Waals surface area contributed by atoms with Crippen molar-refractivity contribution in [3.8, 4) is 0 Å². The Bertz CT molecular complexity index is 866. The topological polar surface area (TPSA) is 96.4 Å². The van der Waals surface area contributed by atoms with Crippen molar-refractivity contribution in [1.29, 1.82) is 0 Å². The second-order valence-electron chi connectivity index (χ2n) is 12.1. The predicted octanol–water partition coefficient (Wildman–Crippen LogP) is 2.78. The lowest BCUT2D eigenvalue weighted by molar-refractivity contribution is -0.164. The molecule has 7 atom stereocenters. The lowest BCUT2D eigenvalue weighted by atomic mass is 9.62. The molecule has 3 saturated heterocycles. The van der Waals surface area contributed by atoms with Crippen molar-refractivity contribution in [2.24, 2.45) is 23.7 Å². The minimum absolute atomic E-state index is 0.0589. The van der Waals surface area contributed by atoms with E-state index in [0.717, 1.165) is 0 Å². The molecule has 8 heteroatoms. The molecule has 1 spiro atoms. The molecule has 3 heterocycles. The van der Waals surface area contributed by atoms with Crippen LogP contribution in [0.5, 0.6) is 0 Å². The number of carbonyl (C=O) groups is 3. The average molecular weight is 493 g/mol. The second kappa shape index (κ2) is 9.51. The molecule has 198 valence electrons. The highest BCUT2D eigenvalue weighted by Gasteiger charge is 2.80. The van der Waals surface area contributed by atoms with Crippen LogP contribution in [0.3, 0.4) is 0 Å². The second-order valence-corrected chi connectivity index (χ2v) is 12.1. The zero-order valence-electron chi connectivity index (χ0n) is 22.7. The van der Waals surface area contributed by atoms with Crippen LogP contribution in [-0.2, 0) is 23.9 Å². The number of carbonyl (C=O) groups excluding carboxylic acids is 3. The van der Waals surface area contributed by atoms with Crippen LogP contribution in [0.4, 0.5) is 0 Å². The van der Waals surface area contributed by atoms with Crippen molar-refractivity contribution < 1.29 is 29.0 Å². The van der Waals surface area contributed by atoms with E-state index in [1.807, 2.05) is 48.5 Å². The molecule has 0 aliphatic carbocycles. The first-order chi connectivity index (χ1) is 16.2. The zero-order valence-corrected chi connectivity index (χ0v) is 22.7. The van der Waals surface area contributed by atoms with Crippen LogP contribution in [0.15, 0.2) is 12.7 Å². The minimum Gasteiger partial charge on any atom is -0.466 e. The summed E-state index contributed by atoms with van der Waals surface area (Å²) in [6.07, 6.45) is 2.69.